The molecule has 6 heteroatoms. The van der Waals surface area contributed by atoms with Crippen LogP contribution in [0.2, 0.25) is 0 Å². The van der Waals surface area contributed by atoms with Gasteiger partial charge in [-0.3, -0.25) is 0 Å². The molecule has 1 rings (SSSR count). The number of aromatic nitrogens is 1. The first-order chi connectivity index (χ1) is 8.98. The van der Waals surface area contributed by atoms with Gasteiger partial charge in [0.2, 0.25) is 0 Å². The molecule has 0 saturated carbocycles. The van der Waals surface area contributed by atoms with Crippen molar-refractivity contribution in [3.63, 3.8) is 0 Å². The standard InChI is InChI=1S/C13H20F3N3/c1-3-7-17-9-11-6-5-8-18-12(11)19(4-2)10-13(14,15)16/h5-6,8,17H,3-4,7,9-10H2,1-2H3. The Morgan fingerprint density at radius 1 is 1.32 bits per heavy atom. The molecule has 1 aromatic rings. The Hall–Kier alpha value is -1.30. The van der Waals surface area contributed by atoms with Gasteiger partial charge in [0.25, 0.3) is 0 Å². The number of halogens is 3. The minimum absolute atomic E-state index is 0.275. The summed E-state index contributed by atoms with van der Waals surface area (Å²) in [6.45, 7) is 4.41. The first-order valence-corrected chi connectivity index (χ1v) is 6.44. The zero-order valence-electron chi connectivity index (χ0n) is 11.3. The van der Waals surface area contributed by atoms with Crippen molar-refractivity contribution < 1.29 is 13.2 Å². The predicted octanol–water partition coefficient (Wildman–Crippen LogP) is 2.97. The lowest BCUT2D eigenvalue weighted by atomic mass is 10.2. The van der Waals surface area contributed by atoms with Crippen molar-refractivity contribution in [3.05, 3.63) is 23.9 Å². The lowest BCUT2D eigenvalue weighted by Gasteiger charge is -2.25. The molecule has 1 heterocycles. The summed E-state index contributed by atoms with van der Waals surface area (Å²) in [5.74, 6) is 0.408. The Balaban J connectivity index is 2.84. The van der Waals surface area contributed by atoms with Crippen LogP contribution in [0, 0.1) is 0 Å². The van der Waals surface area contributed by atoms with Crippen LogP contribution in [0.1, 0.15) is 25.8 Å². The number of nitrogens with one attached hydrogen (secondary N) is 1. The number of anilines is 1. The summed E-state index contributed by atoms with van der Waals surface area (Å²) < 4.78 is 37.6. The summed E-state index contributed by atoms with van der Waals surface area (Å²) in [6.07, 6.45) is -1.71. The van der Waals surface area contributed by atoms with Crippen LogP contribution in [0.25, 0.3) is 0 Å². The Morgan fingerprint density at radius 2 is 2.05 bits per heavy atom. The number of rotatable bonds is 7. The van der Waals surface area contributed by atoms with Crippen molar-refractivity contribution in [1.82, 2.24) is 10.3 Å². The molecule has 0 saturated heterocycles. The third kappa shape index (κ3) is 5.46. The summed E-state index contributed by atoms with van der Waals surface area (Å²) in [5.41, 5.74) is 0.794. The molecule has 0 atom stereocenters. The zero-order chi connectivity index (χ0) is 14.3. The van der Waals surface area contributed by atoms with Gasteiger partial charge in [0.1, 0.15) is 12.4 Å². The number of alkyl halides is 3. The highest BCUT2D eigenvalue weighted by molar-refractivity contribution is 5.46. The van der Waals surface area contributed by atoms with Crippen LogP contribution in [-0.4, -0.2) is 30.8 Å². The molecule has 0 aliphatic heterocycles. The lowest BCUT2D eigenvalue weighted by Crippen LogP contribution is -2.35. The van der Waals surface area contributed by atoms with Crippen LogP contribution in [-0.2, 0) is 6.54 Å². The highest BCUT2D eigenvalue weighted by Gasteiger charge is 2.31. The second kappa shape index (κ2) is 7.33. The molecule has 0 aliphatic rings. The summed E-state index contributed by atoms with van der Waals surface area (Å²) in [7, 11) is 0. The van der Waals surface area contributed by atoms with E-state index in [4.69, 9.17) is 0 Å². The van der Waals surface area contributed by atoms with E-state index >= 15 is 0 Å². The largest absolute Gasteiger partial charge is 0.405 e. The van der Waals surface area contributed by atoms with Crippen molar-refractivity contribution in [3.8, 4) is 0 Å². The first-order valence-electron chi connectivity index (χ1n) is 6.44. The third-order valence-corrected chi connectivity index (χ3v) is 2.66. The molecular weight excluding hydrogens is 255 g/mol. The van der Waals surface area contributed by atoms with E-state index in [9.17, 15) is 13.2 Å². The molecule has 0 radical (unpaired) electrons. The van der Waals surface area contributed by atoms with Crippen molar-refractivity contribution in [2.24, 2.45) is 0 Å². The molecule has 0 fully saturated rings. The average Bonchev–Trinajstić information content (AvgIpc) is 2.36. The van der Waals surface area contributed by atoms with Crippen LogP contribution >= 0.6 is 0 Å². The van der Waals surface area contributed by atoms with Crippen molar-refractivity contribution in [2.45, 2.75) is 33.0 Å². The van der Waals surface area contributed by atoms with Crippen molar-refractivity contribution in [1.29, 1.82) is 0 Å². The van der Waals surface area contributed by atoms with E-state index in [0.29, 0.717) is 12.4 Å². The molecule has 0 unspecified atom stereocenters. The molecule has 1 aromatic heterocycles. The van der Waals surface area contributed by atoms with Crippen LogP contribution < -0.4 is 10.2 Å². The van der Waals surface area contributed by atoms with Crippen molar-refractivity contribution in [2.75, 3.05) is 24.5 Å². The summed E-state index contributed by atoms with van der Waals surface area (Å²) >= 11 is 0. The maximum absolute atomic E-state index is 12.5. The summed E-state index contributed by atoms with van der Waals surface area (Å²) in [4.78, 5) is 5.35. The molecule has 0 aromatic carbocycles. The highest BCUT2D eigenvalue weighted by atomic mass is 19.4. The second-order valence-corrected chi connectivity index (χ2v) is 4.29. The van der Waals surface area contributed by atoms with Gasteiger partial charge in [-0.2, -0.15) is 13.2 Å². The Kier molecular flexibility index (Phi) is 6.08. The fourth-order valence-corrected chi connectivity index (χ4v) is 1.81. The van der Waals surface area contributed by atoms with E-state index in [2.05, 4.69) is 10.3 Å². The fourth-order valence-electron chi connectivity index (χ4n) is 1.81. The van der Waals surface area contributed by atoms with Gasteiger partial charge in [-0.05, 0) is 26.0 Å². The summed E-state index contributed by atoms with van der Waals surface area (Å²) in [6, 6.07) is 3.55. The molecule has 3 nitrogen and oxygen atoms in total. The monoisotopic (exact) mass is 275 g/mol. The predicted molar refractivity (Wildman–Crippen MR) is 70.2 cm³/mol. The Morgan fingerprint density at radius 3 is 2.63 bits per heavy atom. The first kappa shape index (κ1) is 15.8. The van der Waals surface area contributed by atoms with Crippen LogP contribution in [0.15, 0.2) is 18.3 Å². The number of pyridine rings is 1. The van der Waals surface area contributed by atoms with Gasteiger partial charge in [0, 0.05) is 24.8 Å². The van der Waals surface area contributed by atoms with E-state index < -0.39 is 12.7 Å². The smallest absolute Gasteiger partial charge is 0.348 e. The van der Waals surface area contributed by atoms with E-state index in [1.165, 1.54) is 11.1 Å². The quantitative estimate of drug-likeness (QED) is 0.775. The number of hydrogen-bond donors (Lipinski definition) is 1. The molecule has 0 bridgehead atoms. The lowest BCUT2D eigenvalue weighted by molar-refractivity contribution is -0.119. The van der Waals surface area contributed by atoms with Gasteiger partial charge in [-0.25, -0.2) is 4.98 Å². The van der Waals surface area contributed by atoms with E-state index in [-0.39, 0.29) is 6.54 Å². The molecule has 19 heavy (non-hydrogen) atoms. The van der Waals surface area contributed by atoms with Gasteiger partial charge >= 0.3 is 6.18 Å². The van der Waals surface area contributed by atoms with E-state index in [1.807, 2.05) is 13.0 Å². The minimum atomic E-state index is -4.22. The Labute approximate surface area is 111 Å². The fraction of sp³-hybridized carbons (Fsp3) is 0.615. The van der Waals surface area contributed by atoms with Crippen LogP contribution in [0.3, 0.4) is 0 Å². The van der Waals surface area contributed by atoms with Gasteiger partial charge in [0.15, 0.2) is 0 Å². The van der Waals surface area contributed by atoms with Crippen LogP contribution in [0.5, 0.6) is 0 Å². The number of hydrogen-bond acceptors (Lipinski definition) is 3. The molecule has 0 spiro atoms. The molecule has 108 valence electrons. The van der Waals surface area contributed by atoms with Gasteiger partial charge < -0.3 is 10.2 Å². The maximum atomic E-state index is 12.5. The SMILES string of the molecule is CCCNCc1cccnc1N(CC)CC(F)(F)F. The minimum Gasteiger partial charge on any atom is -0.348 e. The topological polar surface area (TPSA) is 28.2 Å². The molecule has 0 aliphatic carbocycles. The highest BCUT2D eigenvalue weighted by Crippen LogP contribution is 2.23. The molecule has 0 amide bonds. The molecule has 1 N–H and O–H groups in total. The van der Waals surface area contributed by atoms with E-state index in [0.717, 1.165) is 18.5 Å². The second-order valence-electron chi connectivity index (χ2n) is 4.29. The van der Waals surface area contributed by atoms with E-state index in [1.54, 1.807) is 13.0 Å². The maximum Gasteiger partial charge on any atom is 0.405 e. The van der Waals surface area contributed by atoms with Gasteiger partial charge in [-0.15, -0.1) is 0 Å². The van der Waals surface area contributed by atoms with Crippen molar-refractivity contribution >= 4 is 5.82 Å². The van der Waals surface area contributed by atoms with Crippen LogP contribution in [0.4, 0.5) is 19.0 Å². The molecular formula is C13H20F3N3. The average molecular weight is 275 g/mol. The normalized spacial score (nSPS) is 11.6. The third-order valence-electron chi connectivity index (χ3n) is 2.66. The summed E-state index contributed by atoms with van der Waals surface area (Å²) in [5, 5.41) is 3.19. The van der Waals surface area contributed by atoms with Gasteiger partial charge in [0.05, 0.1) is 0 Å². The van der Waals surface area contributed by atoms with Gasteiger partial charge in [-0.1, -0.05) is 13.0 Å². The Bertz CT molecular complexity index is 380. The zero-order valence-corrected chi connectivity index (χ0v) is 11.3. The number of nitrogens with zero attached hydrogens (tertiary/aromatic N) is 2.